The zero-order valence-electron chi connectivity index (χ0n) is 14.4. The number of nitrogens with one attached hydrogen (secondary N) is 1. The molecule has 1 saturated heterocycles. The largest absolute Gasteiger partial charge is 0.354 e. The fourth-order valence-corrected chi connectivity index (χ4v) is 4.86. The minimum absolute atomic E-state index is 0.0679. The fourth-order valence-electron chi connectivity index (χ4n) is 2.87. The van der Waals surface area contributed by atoms with Crippen LogP contribution in [0.25, 0.3) is 0 Å². The van der Waals surface area contributed by atoms with Gasteiger partial charge in [-0.25, -0.2) is 8.42 Å². The summed E-state index contributed by atoms with van der Waals surface area (Å²) in [4.78, 5) is 14.0. The van der Waals surface area contributed by atoms with Crippen LogP contribution in [0.5, 0.6) is 0 Å². The number of likely N-dealkylation sites (N-methyl/N-ethyl adjacent to an activating group) is 1. The van der Waals surface area contributed by atoms with Crippen LogP contribution < -0.4 is 5.32 Å². The summed E-state index contributed by atoms with van der Waals surface area (Å²) in [5.74, 6) is 0.257. The molecular formula is C17H25ClN2O3S. The van der Waals surface area contributed by atoms with E-state index in [1.807, 2.05) is 43.0 Å². The first-order chi connectivity index (χ1) is 11.1. The van der Waals surface area contributed by atoms with E-state index in [1.165, 1.54) is 0 Å². The molecular weight excluding hydrogens is 348 g/mol. The van der Waals surface area contributed by atoms with Gasteiger partial charge in [0.2, 0.25) is 5.91 Å². The molecule has 1 atom stereocenters. The summed E-state index contributed by atoms with van der Waals surface area (Å²) in [5, 5.41) is 3.62. The Bertz CT molecular complexity index is 704. The molecule has 0 aromatic heterocycles. The van der Waals surface area contributed by atoms with E-state index in [4.69, 9.17) is 11.6 Å². The number of sulfone groups is 1. The third-order valence-electron chi connectivity index (χ3n) is 4.56. The second kappa shape index (κ2) is 7.42. The first-order valence-corrected chi connectivity index (χ1v) is 10.2. The average molecular weight is 373 g/mol. The van der Waals surface area contributed by atoms with E-state index < -0.39 is 9.84 Å². The summed E-state index contributed by atoms with van der Waals surface area (Å²) in [5.41, 5.74) is 0.820. The van der Waals surface area contributed by atoms with Crippen LogP contribution in [0.1, 0.15) is 25.8 Å². The topological polar surface area (TPSA) is 66.5 Å². The van der Waals surface area contributed by atoms with Gasteiger partial charge in [0, 0.05) is 23.0 Å². The van der Waals surface area contributed by atoms with Crippen LogP contribution in [0, 0.1) is 0 Å². The van der Waals surface area contributed by atoms with E-state index in [1.54, 1.807) is 7.05 Å². The molecule has 1 amide bonds. The molecule has 0 spiro atoms. The van der Waals surface area contributed by atoms with Gasteiger partial charge in [-0.05, 0) is 31.2 Å². The van der Waals surface area contributed by atoms with Crippen molar-refractivity contribution in [3.63, 3.8) is 0 Å². The van der Waals surface area contributed by atoms with E-state index >= 15 is 0 Å². The van der Waals surface area contributed by atoms with E-state index in [0.717, 1.165) is 5.56 Å². The number of nitrogens with zero attached hydrogens (tertiary/aromatic N) is 1. The standard InChI is InChI=1S/C17H25ClN2O3S/c1-17(2,13-5-4-6-14(18)9-13)12-19-16(21)10-20(3)15-7-8-24(22,23)11-15/h4-6,9,15H,7-8,10-12H2,1-3H3,(H,19,21). The van der Waals surface area contributed by atoms with Crippen LogP contribution in [0.2, 0.25) is 5.02 Å². The summed E-state index contributed by atoms with van der Waals surface area (Å²) < 4.78 is 23.1. The van der Waals surface area contributed by atoms with Gasteiger partial charge in [-0.3, -0.25) is 9.69 Å². The summed E-state index contributed by atoms with van der Waals surface area (Å²) in [7, 11) is -1.14. The van der Waals surface area contributed by atoms with Crippen molar-refractivity contribution >= 4 is 27.3 Å². The third kappa shape index (κ3) is 5.19. The Morgan fingerprint density at radius 1 is 1.42 bits per heavy atom. The van der Waals surface area contributed by atoms with E-state index in [2.05, 4.69) is 5.32 Å². The molecule has 0 aliphatic carbocycles. The predicted octanol–water partition coefficient (Wildman–Crippen LogP) is 1.85. The Balaban J connectivity index is 1.86. The maximum Gasteiger partial charge on any atom is 0.234 e. The fraction of sp³-hybridized carbons (Fsp3) is 0.588. The van der Waals surface area contributed by atoms with Crippen molar-refractivity contribution < 1.29 is 13.2 Å². The quantitative estimate of drug-likeness (QED) is 0.827. The molecule has 1 aliphatic heterocycles. The highest BCUT2D eigenvalue weighted by atomic mass is 35.5. The molecule has 1 fully saturated rings. The molecule has 2 rings (SSSR count). The average Bonchev–Trinajstić information content (AvgIpc) is 2.86. The van der Waals surface area contributed by atoms with Gasteiger partial charge in [0.05, 0.1) is 18.1 Å². The van der Waals surface area contributed by atoms with Gasteiger partial charge in [0.25, 0.3) is 0 Å². The first-order valence-electron chi connectivity index (χ1n) is 8.02. The number of carbonyl (C=O) groups is 1. The predicted molar refractivity (Wildman–Crippen MR) is 97.2 cm³/mol. The van der Waals surface area contributed by atoms with Gasteiger partial charge in [-0.1, -0.05) is 37.6 Å². The van der Waals surface area contributed by atoms with Crippen LogP contribution in [-0.4, -0.2) is 56.9 Å². The van der Waals surface area contributed by atoms with Crippen molar-refractivity contribution in [2.24, 2.45) is 0 Å². The molecule has 24 heavy (non-hydrogen) atoms. The highest BCUT2D eigenvalue weighted by Gasteiger charge is 2.31. The van der Waals surface area contributed by atoms with E-state index in [-0.39, 0.29) is 35.4 Å². The Labute approximate surface area is 149 Å². The molecule has 0 bridgehead atoms. The van der Waals surface area contributed by atoms with E-state index in [0.29, 0.717) is 18.0 Å². The maximum absolute atomic E-state index is 12.2. The van der Waals surface area contributed by atoms with Gasteiger partial charge in [0.1, 0.15) is 0 Å². The molecule has 5 nitrogen and oxygen atoms in total. The molecule has 0 saturated carbocycles. The lowest BCUT2D eigenvalue weighted by atomic mass is 9.84. The number of carbonyl (C=O) groups excluding carboxylic acids is 1. The number of benzene rings is 1. The minimum Gasteiger partial charge on any atom is -0.354 e. The molecule has 1 unspecified atom stereocenters. The normalized spacial score (nSPS) is 20.3. The maximum atomic E-state index is 12.2. The van der Waals surface area contributed by atoms with Crippen molar-refractivity contribution in [3.8, 4) is 0 Å². The molecule has 7 heteroatoms. The summed E-state index contributed by atoms with van der Waals surface area (Å²) in [6.45, 7) is 4.78. The summed E-state index contributed by atoms with van der Waals surface area (Å²) in [6, 6.07) is 7.55. The Hall–Kier alpha value is -1.11. The minimum atomic E-state index is -2.94. The smallest absolute Gasteiger partial charge is 0.234 e. The molecule has 1 N–H and O–H groups in total. The molecule has 1 aromatic rings. The van der Waals surface area contributed by atoms with Crippen LogP contribution in [-0.2, 0) is 20.0 Å². The number of amides is 1. The lowest BCUT2D eigenvalue weighted by Crippen LogP contribution is -2.44. The number of halogens is 1. The van der Waals surface area contributed by atoms with Crippen molar-refractivity contribution in [1.82, 2.24) is 10.2 Å². The van der Waals surface area contributed by atoms with Crippen LogP contribution >= 0.6 is 11.6 Å². The van der Waals surface area contributed by atoms with Crippen LogP contribution in [0.15, 0.2) is 24.3 Å². The van der Waals surface area contributed by atoms with Gasteiger partial charge in [-0.2, -0.15) is 0 Å². The van der Waals surface area contributed by atoms with Crippen molar-refractivity contribution in [1.29, 1.82) is 0 Å². The van der Waals surface area contributed by atoms with Gasteiger partial charge >= 0.3 is 0 Å². The zero-order chi connectivity index (χ0) is 18.0. The van der Waals surface area contributed by atoms with Crippen molar-refractivity contribution in [2.45, 2.75) is 31.7 Å². The van der Waals surface area contributed by atoms with Crippen LogP contribution in [0.4, 0.5) is 0 Å². The second-order valence-electron chi connectivity index (χ2n) is 7.14. The van der Waals surface area contributed by atoms with Gasteiger partial charge in [0.15, 0.2) is 9.84 Å². The third-order valence-corrected chi connectivity index (χ3v) is 6.54. The van der Waals surface area contributed by atoms with Gasteiger partial charge < -0.3 is 5.32 Å². The number of hydrogen-bond acceptors (Lipinski definition) is 4. The molecule has 0 radical (unpaired) electrons. The lowest BCUT2D eigenvalue weighted by Gasteiger charge is -2.27. The molecule has 134 valence electrons. The van der Waals surface area contributed by atoms with E-state index in [9.17, 15) is 13.2 Å². The van der Waals surface area contributed by atoms with Gasteiger partial charge in [-0.15, -0.1) is 0 Å². The molecule has 1 aliphatic rings. The highest BCUT2D eigenvalue weighted by Crippen LogP contribution is 2.24. The Morgan fingerprint density at radius 3 is 2.71 bits per heavy atom. The Morgan fingerprint density at radius 2 is 2.12 bits per heavy atom. The Kier molecular flexibility index (Phi) is 5.94. The lowest BCUT2D eigenvalue weighted by molar-refractivity contribution is -0.122. The van der Waals surface area contributed by atoms with Crippen LogP contribution in [0.3, 0.4) is 0 Å². The summed E-state index contributed by atoms with van der Waals surface area (Å²) >= 11 is 6.04. The molecule has 1 aromatic carbocycles. The summed E-state index contributed by atoms with van der Waals surface area (Å²) in [6.07, 6.45) is 0.597. The number of hydrogen-bond donors (Lipinski definition) is 1. The second-order valence-corrected chi connectivity index (χ2v) is 9.81. The zero-order valence-corrected chi connectivity index (χ0v) is 16.0. The highest BCUT2D eigenvalue weighted by molar-refractivity contribution is 7.91. The monoisotopic (exact) mass is 372 g/mol. The van der Waals surface area contributed by atoms with Crippen molar-refractivity contribution in [3.05, 3.63) is 34.9 Å². The molecule has 1 heterocycles. The SMILES string of the molecule is CN(CC(=O)NCC(C)(C)c1cccc(Cl)c1)C1CCS(=O)(=O)C1. The van der Waals surface area contributed by atoms with Crippen molar-refractivity contribution in [2.75, 3.05) is 31.6 Å². The number of rotatable bonds is 6. The first kappa shape index (κ1) is 19.2.